The molecule has 0 amide bonds. The molecule has 0 atom stereocenters. The van der Waals surface area contributed by atoms with Crippen molar-refractivity contribution in [3.63, 3.8) is 0 Å². The Morgan fingerprint density at radius 3 is 1.43 bits per heavy atom. The van der Waals surface area contributed by atoms with Crippen LogP contribution in [-0.4, -0.2) is 0 Å². The van der Waals surface area contributed by atoms with Crippen LogP contribution in [0.3, 0.4) is 0 Å². The summed E-state index contributed by atoms with van der Waals surface area (Å²) >= 11 is 0. The van der Waals surface area contributed by atoms with E-state index in [0.717, 1.165) is 0 Å². The van der Waals surface area contributed by atoms with E-state index in [9.17, 15) is 0 Å². The van der Waals surface area contributed by atoms with Crippen molar-refractivity contribution in [1.29, 1.82) is 0 Å². The average molecular weight is 282 g/mol. The molecule has 0 aromatic rings. The highest BCUT2D eigenvalue weighted by Crippen LogP contribution is 2.67. The van der Waals surface area contributed by atoms with Gasteiger partial charge >= 0.3 is 0 Å². The molecule has 3 rings (SSSR count). The van der Waals surface area contributed by atoms with E-state index >= 15 is 0 Å². The van der Waals surface area contributed by atoms with Crippen LogP contribution in [0.25, 0.3) is 0 Å². The van der Waals surface area contributed by atoms with Gasteiger partial charge in [-0.3, -0.25) is 0 Å². The molecular formula is C21H30. The third-order valence-electron chi connectivity index (χ3n) is 5.76. The molecule has 0 aliphatic heterocycles. The summed E-state index contributed by atoms with van der Waals surface area (Å²) in [5.41, 5.74) is 7.19. The molecular weight excluding hydrogens is 252 g/mol. The molecule has 0 unspecified atom stereocenters. The van der Waals surface area contributed by atoms with E-state index in [2.05, 4.69) is 65.8 Å². The lowest BCUT2D eigenvalue weighted by molar-refractivity contribution is 0.0513. The first-order valence-electron chi connectivity index (χ1n) is 8.52. The van der Waals surface area contributed by atoms with E-state index in [4.69, 9.17) is 0 Å². The monoisotopic (exact) mass is 282 g/mol. The van der Waals surface area contributed by atoms with Crippen molar-refractivity contribution in [3.05, 3.63) is 46.6 Å². The van der Waals surface area contributed by atoms with Gasteiger partial charge in [0.25, 0.3) is 0 Å². The lowest BCUT2D eigenvalue weighted by Crippen LogP contribution is -2.48. The smallest absolute Gasteiger partial charge is 0.0304 e. The van der Waals surface area contributed by atoms with Crippen LogP contribution < -0.4 is 0 Å². The minimum Gasteiger partial charge on any atom is -0.0839 e. The predicted octanol–water partition coefficient (Wildman–Crippen LogP) is 6.37. The zero-order valence-corrected chi connectivity index (χ0v) is 14.6. The maximum absolute atomic E-state index is 2.46. The summed E-state index contributed by atoms with van der Waals surface area (Å²) in [4.78, 5) is 0. The third-order valence-corrected chi connectivity index (χ3v) is 5.76. The van der Waals surface area contributed by atoms with Crippen LogP contribution >= 0.6 is 0 Å². The third kappa shape index (κ3) is 1.81. The Labute approximate surface area is 130 Å². The van der Waals surface area contributed by atoms with Gasteiger partial charge in [0.05, 0.1) is 0 Å². The second kappa shape index (κ2) is 4.48. The van der Waals surface area contributed by atoms with Crippen molar-refractivity contribution >= 4 is 0 Å². The van der Waals surface area contributed by atoms with E-state index in [1.807, 2.05) is 0 Å². The van der Waals surface area contributed by atoms with E-state index in [0.29, 0.717) is 0 Å². The number of hydrogen-bond donors (Lipinski definition) is 0. The fourth-order valence-corrected chi connectivity index (χ4v) is 5.54. The molecule has 0 N–H and O–H groups in total. The maximum atomic E-state index is 2.46. The van der Waals surface area contributed by atoms with Crippen molar-refractivity contribution in [3.8, 4) is 0 Å². The van der Waals surface area contributed by atoms with E-state index in [1.54, 1.807) is 22.3 Å². The molecule has 0 aromatic heterocycles. The first kappa shape index (κ1) is 14.9. The van der Waals surface area contributed by atoms with Gasteiger partial charge in [0.15, 0.2) is 0 Å². The molecule has 0 heteroatoms. The van der Waals surface area contributed by atoms with Crippen LogP contribution in [-0.2, 0) is 0 Å². The molecule has 0 saturated heterocycles. The van der Waals surface area contributed by atoms with Crippen LogP contribution in [0.1, 0.15) is 67.2 Å². The lowest BCUT2D eigenvalue weighted by Gasteiger charge is -2.55. The molecule has 0 bridgehead atoms. The summed E-state index contributed by atoms with van der Waals surface area (Å²) in [6.07, 6.45) is 14.6. The van der Waals surface area contributed by atoms with Crippen LogP contribution in [0.15, 0.2) is 46.6 Å². The summed E-state index contributed by atoms with van der Waals surface area (Å²) < 4.78 is 0. The number of rotatable bonds is 0. The second-order valence-corrected chi connectivity index (χ2v) is 8.92. The Kier molecular flexibility index (Phi) is 3.17. The van der Waals surface area contributed by atoms with Crippen LogP contribution in [0, 0.1) is 16.2 Å². The van der Waals surface area contributed by atoms with Crippen molar-refractivity contribution in [2.24, 2.45) is 16.2 Å². The van der Waals surface area contributed by atoms with Crippen molar-refractivity contribution in [1.82, 2.24) is 0 Å². The van der Waals surface area contributed by atoms with Gasteiger partial charge in [-0.05, 0) is 58.8 Å². The summed E-state index contributed by atoms with van der Waals surface area (Å²) in [6.45, 7) is 14.6. The van der Waals surface area contributed by atoms with Gasteiger partial charge in [0.2, 0.25) is 0 Å². The van der Waals surface area contributed by atoms with Gasteiger partial charge in [0.1, 0.15) is 0 Å². The topological polar surface area (TPSA) is 0 Å². The fraction of sp³-hybridized carbons (Fsp3) is 0.619. The first-order chi connectivity index (χ1) is 9.71. The second-order valence-electron chi connectivity index (χ2n) is 8.92. The van der Waals surface area contributed by atoms with Crippen molar-refractivity contribution < 1.29 is 0 Å². The van der Waals surface area contributed by atoms with E-state index in [1.165, 1.54) is 25.7 Å². The zero-order valence-electron chi connectivity index (χ0n) is 14.6. The molecule has 0 aromatic carbocycles. The average Bonchev–Trinajstić information content (AvgIpc) is 2.69. The molecule has 21 heavy (non-hydrogen) atoms. The molecule has 0 heterocycles. The zero-order chi connectivity index (χ0) is 15.5. The number of allylic oxidation sites excluding steroid dienone is 8. The standard InChI is InChI=1S/C21H30/c1-19(2,3)21(20(4,5)6)17-13-9-7-11-15(17)16-12-8-10-14-18(16)21/h9-10,13-14H,7-8,11-12H2,1-6H3. The van der Waals surface area contributed by atoms with Gasteiger partial charge < -0.3 is 0 Å². The van der Waals surface area contributed by atoms with E-state index < -0.39 is 0 Å². The minimum absolute atomic E-state index is 0.137. The molecule has 114 valence electrons. The highest BCUT2D eigenvalue weighted by Gasteiger charge is 2.58. The first-order valence-corrected chi connectivity index (χ1v) is 8.52. The lowest BCUT2D eigenvalue weighted by atomic mass is 9.48. The summed E-state index contributed by atoms with van der Waals surface area (Å²) in [5, 5.41) is 0. The highest BCUT2D eigenvalue weighted by atomic mass is 14.6. The molecule has 0 radical (unpaired) electrons. The largest absolute Gasteiger partial charge is 0.0839 e. The molecule has 0 saturated carbocycles. The van der Waals surface area contributed by atoms with Gasteiger partial charge in [-0.2, -0.15) is 0 Å². The number of fused-ring (bicyclic) bond motifs is 1. The molecule has 3 aliphatic carbocycles. The Balaban J connectivity index is 2.37. The molecule has 0 fully saturated rings. The summed E-state index contributed by atoms with van der Waals surface area (Å²) in [5.74, 6) is 0. The number of hydrogen-bond acceptors (Lipinski definition) is 0. The molecule has 0 spiro atoms. The quantitative estimate of drug-likeness (QED) is 0.484. The molecule has 0 nitrogen and oxygen atoms in total. The van der Waals surface area contributed by atoms with Crippen LogP contribution in [0.4, 0.5) is 0 Å². The van der Waals surface area contributed by atoms with Gasteiger partial charge in [-0.1, -0.05) is 65.8 Å². The van der Waals surface area contributed by atoms with Gasteiger partial charge in [-0.15, -0.1) is 0 Å². The Morgan fingerprint density at radius 2 is 1.10 bits per heavy atom. The highest BCUT2D eigenvalue weighted by molar-refractivity contribution is 5.64. The van der Waals surface area contributed by atoms with Gasteiger partial charge in [0, 0.05) is 5.41 Å². The minimum atomic E-state index is 0.137. The van der Waals surface area contributed by atoms with E-state index in [-0.39, 0.29) is 16.2 Å². The van der Waals surface area contributed by atoms with Crippen molar-refractivity contribution in [2.45, 2.75) is 67.2 Å². The fourth-order valence-electron chi connectivity index (χ4n) is 5.54. The van der Waals surface area contributed by atoms with Crippen molar-refractivity contribution in [2.75, 3.05) is 0 Å². The SMILES string of the molecule is CC(C)(C)C1(C(C)(C)C)C2=C(CCC=C2)C2=C1C=CCC2. The Morgan fingerprint density at radius 1 is 0.714 bits per heavy atom. The Bertz CT molecular complexity index is 523. The summed E-state index contributed by atoms with van der Waals surface area (Å²) in [7, 11) is 0. The van der Waals surface area contributed by atoms with Gasteiger partial charge in [-0.25, -0.2) is 0 Å². The van der Waals surface area contributed by atoms with Crippen LogP contribution in [0.5, 0.6) is 0 Å². The normalized spacial score (nSPS) is 24.5. The molecule has 3 aliphatic rings. The Hall–Kier alpha value is -1.04. The van der Waals surface area contributed by atoms with Crippen LogP contribution in [0.2, 0.25) is 0 Å². The maximum Gasteiger partial charge on any atom is 0.0304 e. The summed E-state index contributed by atoms with van der Waals surface area (Å²) in [6, 6.07) is 0. The predicted molar refractivity (Wildman–Crippen MR) is 92.1 cm³/mol.